The minimum atomic E-state index is -0.288. The van der Waals surface area contributed by atoms with Crippen molar-refractivity contribution in [2.75, 3.05) is 18.2 Å². The van der Waals surface area contributed by atoms with Crippen LogP contribution >= 0.6 is 11.8 Å². The number of aromatic nitrogens is 4. The van der Waals surface area contributed by atoms with Gasteiger partial charge in [-0.2, -0.15) is 4.68 Å². The van der Waals surface area contributed by atoms with Crippen molar-refractivity contribution in [2.45, 2.75) is 18.6 Å². The molecule has 0 atom stereocenters. The summed E-state index contributed by atoms with van der Waals surface area (Å²) in [7, 11) is 1.58. The Morgan fingerprint density at radius 2 is 1.80 bits per heavy atom. The number of tetrazole rings is 1. The first-order valence-electron chi connectivity index (χ1n) is 10.8. The highest BCUT2D eigenvalue weighted by Crippen LogP contribution is 2.27. The van der Waals surface area contributed by atoms with Gasteiger partial charge in [-0.15, -0.1) is 5.10 Å². The van der Waals surface area contributed by atoms with Crippen LogP contribution < -0.4 is 15.4 Å². The summed E-state index contributed by atoms with van der Waals surface area (Å²) < 4.78 is 6.96. The predicted molar refractivity (Wildman–Crippen MR) is 134 cm³/mol. The lowest BCUT2D eigenvalue weighted by atomic mass is 10.1. The number of nitrogens with one attached hydrogen (secondary N) is 2. The minimum Gasteiger partial charge on any atom is -0.494 e. The van der Waals surface area contributed by atoms with Crippen molar-refractivity contribution in [3.05, 3.63) is 89.5 Å². The maximum atomic E-state index is 12.7. The average Bonchev–Trinajstić information content (AvgIpc) is 3.35. The van der Waals surface area contributed by atoms with E-state index in [9.17, 15) is 9.59 Å². The summed E-state index contributed by atoms with van der Waals surface area (Å²) >= 11 is 1.18. The fraction of sp³-hybridized carbons (Fsp3) is 0.160. The second-order valence-corrected chi connectivity index (χ2v) is 8.54. The van der Waals surface area contributed by atoms with Crippen LogP contribution in [0.5, 0.6) is 5.75 Å². The van der Waals surface area contributed by atoms with Crippen molar-refractivity contribution in [3.63, 3.8) is 0 Å². The summed E-state index contributed by atoms with van der Waals surface area (Å²) in [6.45, 7) is 2.35. The normalized spacial score (nSPS) is 10.6. The Labute approximate surface area is 206 Å². The zero-order valence-corrected chi connectivity index (χ0v) is 20.1. The number of rotatable bonds is 9. The summed E-state index contributed by atoms with van der Waals surface area (Å²) in [5, 5.41) is 18.0. The Balaban J connectivity index is 1.41. The molecule has 0 bridgehead atoms. The summed E-state index contributed by atoms with van der Waals surface area (Å²) in [4.78, 5) is 25.5. The van der Waals surface area contributed by atoms with Gasteiger partial charge in [0.1, 0.15) is 11.4 Å². The Kier molecular flexibility index (Phi) is 7.74. The van der Waals surface area contributed by atoms with Gasteiger partial charge < -0.3 is 15.4 Å². The maximum absolute atomic E-state index is 12.7. The number of nitrogens with zero attached hydrogens (tertiary/aromatic N) is 4. The summed E-state index contributed by atoms with van der Waals surface area (Å²) in [5.74, 6) is 0.107. The lowest BCUT2D eigenvalue weighted by Gasteiger charge is -2.12. The van der Waals surface area contributed by atoms with Gasteiger partial charge in [0.2, 0.25) is 11.1 Å². The van der Waals surface area contributed by atoms with E-state index in [4.69, 9.17) is 4.74 Å². The topological polar surface area (TPSA) is 111 Å². The number of carbonyl (C=O) groups is 2. The van der Waals surface area contributed by atoms with E-state index in [1.807, 2.05) is 55.5 Å². The van der Waals surface area contributed by atoms with Crippen LogP contribution in [-0.4, -0.2) is 44.9 Å². The van der Waals surface area contributed by atoms with E-state index in [2.05, 4.69) is 26.2 Å². The van der Waals surface area contributed by atoms with E-state index >= 15 is 0 Å². The van der Waals surface area contributed by atoms with Crippen LogP contribution in [0.15, 0.2) is 78.0 Å². The second kappa shape index (κ2) is 11.3. The van der Waals surface area contributed by atoms with Crippen LogP contribution in [-0.2, 0) is 11.3 Å². The Hall–Kier alpha value is -4.18. The Morgan fingerprint density at radius 1 is 1.03 bits per heavy atom. The Bertz CT molecular complexity index is 1330. The number of methoxy groups -OCH3 is 1. The number of hydrogen-bond acceptors (Lipinski definition) is 7. The fourth-order valence-corrected chi connectivity index (χ4v) is 4.05. The molecule has 0 saturated carbocycles. The first-order chi connectivity index (χ1) is 17.0. The van der Waals surface area contributed by atoms with Gasteiger partial charge in [0.15, 0.2) is 0 Å². The van der Waals surface area contributed by atoms with Crippen LogP contribution in [0.4, 0.5) is 5.69 Å². The maximum Gasteiger partial charge on any atom is 0.253 e. The molecule has 0 aliphatic rings. The molecular formula is C25H24N6O3S. The molecule has 1 heterocycles. The number of thioether (sulfide) groups is 1. The lowest BCUT2D eigenvalue weighted by Crippen LogP contribution is -2.25. The molecule has 4 rings (SSSR count). The molecule has 178 valence electrons. The molecule has 2 N–H and O–H groups in total. The summed E-state index contributed by atoms with van der Waals surface area (Å²) in [6.07, 6.45) is 0. The van der Waals surface area contributed by atoms with Crippen molar-refractivity contribution in [2.24, 2.45) is 0 Å². The highest BCUT2D eigenvalue weighted by atomic mass is 32.2. The molecule has 0 aliphatic heterocycles. The van der Waals surface area contributed by atoms with Gasteiger partial charge >= 0.3 is 0 Å². The van der Waals surface area contributed by atoms with E-state index < -0.39 is 0 Å². The molecule has 35 heavy (non-hydrogen) atoms. The van der Waals surface area contributed by atoms with Crippen LogP contribution in [0.25, 0.3) is 5.69 Å². The van der Waals surface area contributed by atoms with E-state index in [1.165, 1.54) is 16.4 Å². The molecule has 0 unspecified atom stereocenters. The van der Waals surface area contributed by atoms with E-state index in [-0.39, 0.29) is 17.6 Å². The second-order valence-electron chi connectivity index (χ2n) is 7.60. The zero-order chi connectivity index (χ0) is 24.6. The number of carbonyl (C=O) groups excluding carboxylic acids is 2. The monoisotopic (exact) mass is 488 g/mol. The first-order valence-corrected chi connectivity index (χ1v) is 11.8. The van der Waals surface area contributed by atoms with Crippen molar-refractivity contribution in [1.82, 2.24) is 25.5 Å². The van der Waals surface area contributed by atoms with Gasteiger partial charge in [-0.05, 0) is 52.7 Å². The fourth-order valence-electron chi connectivity index (χ4n) is 3.37. The van der Waals surface area contributed by atoms with Crippen LogP contribution in [0.3, 0.4) is 0 Å². The highest BCUT2D eigenvalue weighted by Gasteiger charge is 2.17. The van der Waals surface area contributed by atoms with Crippen LogP contribution in [0.1, 0.15) is 21.5 Å². The molecule has 9 nitrogen and oxygen atoms in total. The molecule has 3 aromatic carbocycles. The molecule has 1 aromatic heterocycles. The Morgan fingerprint density at radius 3 is 2.60 bits per heavy atom. The third-order valence-corrected chi connectivity index (χ3v) is 6.00. The van der Waals surface area contributed by atoms with E-state index in [0.717, 1.165) is 11.1 Å². The molecule has 0 spiro atoms. The van der Waals surface area contributed by atoms with E-state index in [0.29, 0.717) is 34.4 Å². The molecule has 0 radical (unpaired) electrons. The van der Waals surface area contributed by atoms with Gasteiger partial charge in [0, 0.05) is 6.54 Å². The third kappa shape index (κ3) is 6.04. The molecule has 2 amide bonds. The highest BCUT2D eigenvalue weighted by molar-refractivity contribution is 7.99. The minimum absolute atomic E-state index is 0.0501. The van der Waals surface area contributed by atoms with Crippen molar-refractivity contribution < 1.29 is 14.3 Å². The van der Waals surface area contributed by atoms with Crippen molar-refractivity contribution >= 4 is 29.3 Å². The average molecular weight is 489 g/mol. The summed E-state index contributed by atoms with van der Waals surface area (Å²) in [6, 6.07) is 22.2. The zero-order valence-electron chi connectivity index (χ0n) is 19.3. The molecule has 0 fully saturated rings. The molecule has 0 saturated heterocycles. The number of benzene rings is 3. The third-order valence-electron chi connectivity index (χ3n) is 5.08. The molecule has 0 aliphatic carbocycles. The number of para-hydroxylation sites is 1. The lowest BCUT2D eigenvalue weighted by molar-refractivity contribution is -0.113. The van der Waals surface area contributed by atoms with Crippen LogP contribution in [0, 0.1) is 6.92 Å². The quantitative estimate of drug-likeness (QED) is 0.346. The largest absolute Gasteiger partial charge is 0.494 e. The number of amides is 2. The first kappa shape index (κ1) is 24.0. The number of aryl methyl sites for hydroxylation is 1. The number of anilines is 1. The smallest absolute Gasteiger partial charge is 0.253 e. The number of hydrogen-bond donors (Lipinski definition) is 2. The molecule has 10 heteroatoms. The van der Waals surface area contributed by atoms with Gasteiger partial charge in [-0.25, -0.2) is 0 Å². The molecular weight excluding hydrogens is 464 g/mol. The van der Waals surface area contributed by atoms with Crippen molar-refractivity contribution in [3.8, 4) is 11.4 Å². The standard InChI is InChI=1S/C25H24N6O3S/c1-17-12-13-22(34-2)21(14-17)31-25(28-29-30-31)35-16-23(32)27-20-11-7-6-10-19(20)24(33)26-15-18-8-4-3-5-9-18/h3-14H,15-16H2,1-2H3,(H,26,33)(H,27,32). The van der Waals surface area contributed by atoms with Gasteiger partial charge in [0.05, 0.1) is 24.1 Å². The van der Waals surface area contributed by atoms with Crippen LogP contribution in [0.2, 0.25) is 0 Å². The SMILES string of the molecule is COc1ccc(C)cc1-n1nnnc1SCC(=O)Nc1ccccc1C(=O)NCc1ccccc1. The van der Waals surface area contributed by atoms with Gasteiger partial charge in [0.25, 0.3) is 5.91 Å². The van der Waals surface area contributed by atoms with Gasteiger partial charge in [-0.1, -0.05) is 60.3 Å². The van der Waals surface area contributed by atoms with Crippen molar-refractivity contribution in [1.29, 1.82) is 0 Å². The predicted octanol–water partition coefficient (Wildman–Crippen LogP) is 3.64. The van der Waals surface area contributed by atoms with Gasteiger partial charge in [-0.3, -0.25) is 9.59 Å². The molecule has 4 aromatic rings. The van der Waals surface area contributed by atoms with E-state index in [1.54, 1.807) is 31.4 Å². The number of ether oxygens (including phenoxy) is 1. The summed E-state index contributed by atoms with van der Waals surface area (Å²) in [5.41, 5.74) is 3.51.